The molecule has 112 valence electrons. The van der Waals surface area contributed by atoms with Gasteiger partial charge in [-0.2, -0.15) is 0 Å². The molecule has 2 rings (SSSR count). The van der Waals surface area contributed by atoms with Crippen LogP contribution in [0.3, 0.4) is 0 Å². The summed E-state index contributed by atoms with van der Waals surface area (Å²) in [4.78, 5) is 21.9. The normalized spacial score (nSPS) is 26.9. The molecular weight excluding hydrogens is 262 g/mol. The standard InChI is InChI=1S/C13H21N3O4/c1-3-19-13(18)6-10-14-11(7-12(17)15-10)16-4-5-20-9(2)8-16/h9,12,17H,3-8H2,1-2H3. The van der Waals surface area contributed by atoms with E-state index >= 15 is 0 Å². The number of rotatable bonds is 3. The van der Waals surface area contributed by atoms with Crippen LogP contribution in [0.2, 0.25) is 0 Å². The van der Waals surface area contributed by atoms with Gasteiger partial charge in [0.2, 0.25) is 0 Å². The van der Waals surface area contributed by atoms with Crippen molar-refractivity contribution in [3.05, 3.63) is 0 Å². The molecule has 2 aliphatic rings. The first-order chi connectivity index (χ1) is 9.58. The topological polar surface area (TPSA) is 83.7 Å². The zero-order valence-electron chi connectivity index (χ0n) is 11.9. The van der Waals surface area contributed by atoms with Gasteiger partial charge in [-0.3, -0.25) is 4.79 Å². The van der Waals surface area contributed by atoms with Gasteiger partial charge < -0.3 is 19.5 Å². The van der Waals surface area contributed by atoms with Crippen LogP contribution in [0.15, 0.2) is 9.98 Å². The smallest absolute Gasteiger partial charge is 0.313 e. The number of esters is 1. The second-order valence-corrected chi connectivity index (χ2v) is 4.87. The van der Waals surface area contributed by atoms with Crippen LogP contribution in [0.1, 0.15) is 26.7 Å². The average Bonchev–Trinajstić information content (AvgIpc) is 2.38. The molecule has 0 aromatic rings. The quantitative estimate of drug-likeness (QED) is 0.747. The lowest BCUT2D eigenvalue weighted by Crippen LogP contribution is -2.46. The van der Waals surface area contributed by atoms with Gasteiger partial charge in [-0.05, 0) is 13.8 Å². The Morgan fingerprint density at radius 3 is 3.10 bits per heavy atom. The van der Waals surface area contributed by atoms with E-state index in [2.05, 4.69) is 14.9 Å². The maximum atomic E-state index is 11.5. The summed E-state index contributed by atoms with van der Waals surface area (Å²) in [5, 5.41) is 9.81. The summed E-state index contributed by atoms with van der Waals surface area (Å²) in [6.45, 7) is 6.19. The third-order valence-electron chi connectivity index (χ3n) is 3.14. The number of aliphatic hydroxyl groups excluding tert-OH is 1. The molecule has 1 N–H and O–H groups in total. The summed E-state index contributed by atoms with van der Waals surface area (Å²) in [5.74, 6) is 0.720. The van der Waals surface area contributed by atoms with E-state index in [0.29, 0.717) is 25.5 Å². The van der Waals surface area contributed by atoms with Crippen molar-refractivity contribution in [1.82, 2.24) is 4.90 Å². The molecule has 0 aromatic heterocycles. The van der Waals surface area contributed by atoms with Gasteiger partial charge >= 0.3 is 5.97 Å². The Morgan fingerprint density at radius 2 is 2.40 bits per heavy atom. The first kappa shape index (κ1) is 14.9. The van der Waals surface area contributed by atoms with Crippen LogP contribution < -0.4 is 0 Å². The molecule has 2 unspecified atom stereocenters. The number of aliphatic imine (C=N–C) groups is 2. The van der Waals surface area contributed by atoms with E-state index in [-0.39, 0.29) is 18.5 Å². The van der Waals surface area contributed by atoms with Crippen LogP contribution in [-0.2, 0) is 14.3 Å². The summed E-state index contributed by atoms with van der Waals surface area (Å²) in [6, 6.07) is 0. The van der Waals surface area contributed by atoms with Crippen molar-refractivity contribution in [2.45, 2.75) is 39.0 Å². The van der Waals surface area contributed by atoms with E-state index in [1.165, 1.54) is 0 Å². The van der Waals surface area contributed by atoms with Crippen LogP contribution >= 0.6 is 0 Å². The fourth-order valence-corrected chi connectivity index (χ4v) is 2.28. The van der Waals surface area contributed by atoms with E-state index in [1.807, 2.05) is 6.92 Å². The van der Waals surface area contributed by atoms with Crippen molar-refractivity contribution < 1.29 is 19.4 Å². The van der Waals surface area contributed by atoms with Crippen molar-refractivity contribution in [1.29, 1.82) is 0 Å². The molecular formula is C13H21N3O4. The Labute approximate surface area is 118 Å². The second-order valence-electron chi connectivity index (χ2n) is 4.87. The third-order valence-corrected chi connectivity index (χ3v) is 3.14. The number of ether oxygens (including phenoxy) is 2. The highest BCUT2D eigenvalue weighted by Crippen LogP contribution is 2.14. The van der Waals surface area contributed by atoms with Crippen molar-refractivity contribution in [2.75, 3.05) is 26.3 Å². The summed E-state index contributed by atoms with van der Waals surface area (Å²) in [7, 11) is 0. The highest BCUT2D eigenvalue weighted by molar-refractivity contribution is 6.05. The first-order valence-corrected chi connectivity index (χ1v) is 6.93. The van der Waals surface area contributed by atoms with E-state index < -0.39 is 6.23 Å². The SMILES string of the molecule is CCOC(=O)CC1=NC(O)CC(N2CCOC(C)C2)=N1. The van der Waals surface area contributed by atoms with E-state index in [1.54, 1.807) is 6.92 Å². The fourth-order valence-electron chi connectivity index (χ4n) is 2.28. The summed E-state index contributed by atoms with van der Waals surface area (Å²) in [5.41, 5.74) is 0. The highest BCUT2D eigenvalue weighted by atomic mass is 16.5. The van der Waals surface area contributed by atoms with Gasteiger partial charge in [-0.1, -0.05) is 0 Å². The van der Waals surface area contributed by atoms with Gasteiger partial charge in [0.15, 0.2) is 6.23 Å². The molecule has 0 bridgehead atoms. The minimum Gasteiger partial charge on any atom is -0.466 e. The Hall–Kier alpha value is -1.47. The van der Waals surface area contributed by atoms with Crippen molar-refractivity contribution in [3.8, 4) is 0 Å². The lowest BCUT2D eigenvalue weighted by molar-refractivity contribution is -0.141. The predicted octanol–water partition coefficient (Wildman–Crippen LogP) is 0.179. The number of nitrogens with zero attached hydrogens (tertiary/aromatic N) is 3. The molecule has 2 aliphatic heterocycles. The summed E-state index contributed by atoms with van der Waals surface area (Å²) >= 11 is 0. The molecule has 2 atom stereocenters. The monoisotopic (exact) mass is 283 g/mol. The van der Waals surface area contributed by atoms with Crippen LogP contribution in [0.4, 0.5) is 0 Å². The Balaban J connectivity index is 2.03. The molecule has 2 heterocycles. The average molecular weight is 283 g/mol. The zero-order valence-corrected chi connectivity index (χ0v) is 11.9. The van der Waals surface area contributed by atoms with Gasteiger partial charge in [0.1, 0.15) is 18.1 Å². The molecule has 0 amide bonds. The van der Waals surface area contributed by atoms with Gasteiger partial charge in [0.25, 0.3) is 0 Å². The number of morpholine rings is 1. The largest absolute Gasteiger partial charge is 0.466 e. The van der Waals surface area contributed by atoms with Crippen LogP contribution in [0, 0.1) is 0 Å². The molecule has 0 aromatic carbocycles. The van der Waals surface area contributed by atoms with Crippen molar-refractivity contribution in [2.24, 2.45) is 9.98 Å². The molecule has 20 heavy (non-hydrogen) atoms. The maximum absolute atomic E-state index is 11.5. The predicted molar refractivity (Wildman–Crippen MR) is 73.7 cm³/mol. The Kier molecular flexibility index (Phi) is 5.08. The summed E-state index contributed by atoms with van der Waals surface area (Å²) < 4.78 is 10.4. The molecule has 0 radical (unpaired) electrons. The van der Waals surface area contributed by atoms with E-state index in [9.17, 15) is 9.90 Å². The summed E-state index contributed by atoms with van der Waals surface area (Å²) in [6.07, 6.45) is -0.339. The minimum absolute atomic E-state index is 0.00566. The fraction of sp³-hybridized carbons (Fsp3) is 0.769. The first-order valence-electron chi connectivity index (χ1n) is 6.93. The van der Waals surface area contributed by atoms with E-state index in [4.69, 9.17) is 9.47 Å². The highest BCUT2D eigenvalue weighted by Gasteiger charge is 2.25. The molecule has 0 saturated carbocycles. The van der Waals surface area contributed by atoms with Crippen molar-refractivity contribution >= 4 is 17.6 Å². The molecule has 1 fully saturated rings. The molecule has 0 aliphatic carbocycles. The number of hydrogen-bond acceptors (Lipinski definition) is 7. The zero-order chi connectivity index (χ0) is 14.5. The third kappa shape index (κ3) is 4.01. The number of carbonyl (C=O) groups is 1. The Morgan fingerprint density at radius 1 is 1.60 bits per heavy atom. The lowest BCUT2D eigenvalue weighted by Gasteiger charge is -2.35. The number of amidine groups is 2. The van der Waals surface area contributed by atoms with Crippen LogP contribution in [0.25, 0.3) is 0 Å². The van der Waals surface area contributed by atoms with Crippen molar-refractivity contribution in [3.63, 3.8) is 0 Å². The molecule has 0 spiro atoms. The van der Waals surface area contributed by atoms with Gasteiger partial charge in [-0.25, -0.2) is 9.98 Å². The van der Waals surface area contributed by atoms with Crippen LogP contribution in [-0.4, -0.2) is 66.3 Å². The van der Waals surface area contributed by atoms with Gasteiger partial charge in [-0.15, -0.1) is 0 Å². The lowest BCUT2D eigenvalue weighted by atomic mass is 10.2. The molecule has 1 saturated heterocycles. The molecule has 7 nitrogen and oxygen atoms in total. The number of carbonyl (C=O) groups excluding carboxylic acids is 1. The minimum atomic E-state index is -0.843. The second kappa shape index (κ2) is 6.81. The number of hydrogen-bond donors (Lipinski definition) is 1. The maximum Gasteiger partial charge on any atom is 0.313 e. The van der Waals surface area contributed by atoms with Gasteiger partial charge in [0, 0.05) is 13.1 Å². The molecule has 7 heteroatoms. The number of aliphatic hydroxyl groups is 1. The van der Waals surface area contributed by atoms with Gasteiger partial charge in [0.05, 0.1) is 25.7 Å². The van der Waals surface area contributed by atoms with E-state index in [0.717, 1.165) is 18.9 Å². The van der Waals surface area contributed by atoms with Crippen LogP contribution in [0.5, 0.6) is 0 Å². The Bertz CT molecular complexity index is 422.